The molecule has 90 valence electrons. The van der Waals surface area contributed by atoms with Gasteiger partial charge < -0.3 is 15.4 Å². The Labute approximate surface area is 94.0 Å². The first kappa shape index (κ1) is 12.9. The van der Waals surface area contributed by atoms with E-state index in [2.05, 4.69) is 18.7 Å². The summed E-state index contributed by atoms with van der Waals surface area (Å²) in [6, 6.07) is 0. The van der Waals surface area contributed by atoms with Crippen molar-refractivity contribution in [3.8, 4) is 0 Å². The summed E-state index contributed by atoms with van der Waals surface area (Å²) in [5, 5.41) is 0. The lowest BCUT2D eigenvalue weighted by Crippen LogP contribution is -2.30. The molecule has 0 atom stereocenters. The van der Waals surface area contributed by atoms with Crippen LogP contribution < -0.4 is 5.73 Å². The lowest BCUT2D eigenvalue weighted by atomic mass is 9.88. The Morgan fingerprint density at radius 3 is 2.80 bits per heavy atom. The van der Waals surface area contributed by atoms with Gasteiger partial charge in [-0.3, -0.25) is 0 Å². The molecule has 0 aliphatic carbocycles. The Morgan fingerprint density at radius 2 is 2.07 bits per heavy atom. The summed E-state index contributed by atoms with van der Waals surface area (Å²) in [6.07, 6.45) is 3.66. The summed E-state index contributed by atoms with van der Waals surface area (Å²) in [6.45, 7) is 10.6. The highest BCUT2D eigenvalue weighted by Gasteiger charge is 2.16. The highest BCUT2D eigenvalue weighted by Crippen LogP contribution is 2.20. The van der Waals surface area contributed by atoms with Gasteiger partial charge in [-0.15, -0.1) is 0 Å². The summed E-state index contributed by atoms with van der Waals surface area (Å²) < 4.78 is 5.43. The molecule has 0 saturated carbocycles. The van der Waals surface area contributed by atoms with E-state index in [-0.39, 0.29) is 0 Å². The van der Waals surface area contributed by atoms with Crippen LogP contribution in [0.3, 0.4) is 0 Å². The number of nitrogens with zero attached hydrogens (tertiary/aromatic N) is 1. The molecular weight excluding hydrogens is 188 g/mol. The summed E-state index contributed by atoms with van der Waals surface area (Å²) in [4.78, 5) is 2.51. The maximum Gasteiger partial charge on any atom is 0.0593 e. The molecule has 0 aromatic carbocycles. The maximum atomic E-state index is 5.72. The molecule has 3 heteroatoms. The Morgan fingerprint density at radius 1 is 1.27 bits per heavy atom. The topological polar surface area (TPSA) is 38.5 Å². The van der Waals surface area contributed by atoms with Gasteiger partial charge >= 0.3 is 0 Å². The summed E-state index contributed by atoms with van der Waals surface area (Å²) >= 11 is 0. The molecule has 0 aromatic rings. The van der Waals surface area contributed by atoms with Crippen LogP contribution in [0.2, 0.25) is 0 Å². The Balaban J connectivity index is 2.13. The lowest BCUT2D eigenvalue weighted by Gasteiger charge is -2.25. The van der Waals surface area contributed by atoms with Crippen molar-refractivity contribution >= 4 is 0 Å². The van der Waals surface area contributed by atoms with Crippen LogP contribution in [0, 0.1) is 5.41 Å². The second kappa shape index (κ2) is 6.46. The van der Waals surface area contributed by atoms with Crippen LogP contribution >= 0.6 is 0 Å². The molecule has 1 heterocycles. The van der Waals surface area contributed by atoms with E-state index in [1.54, 1.807) is 0 Å². The first-order valence-corrected chi connectivity index (χ1v) is 6.14. The van der Waals surface area contributed by atoms with E-state index < -0.39 is 0 Å². The van der Waals surface area contributed by atoms with Gasteiger partial charge in [-0.05, 0) is 37.8 Å². The van der Waals surface area contributed by atoms with Gasteiger partial charge in [-0.25, -0.2) is 0 Å². The normalized spacial score (nSPS) is 20.2. The van der Waals surface area contributed by atoms with Crippen LogP contribution in [-0.4, -0.2) is 44.3 Å². The van der Waals surface area contributed by atoms with E-state index in [9.17, 15) is 0 Å². The van der Waals surface area contributed by atoms with Crippen molar-refractivity contribution in [3.63, 3.8) is 0 Å². The predicted molar refractivity (Wildman–Crippen MR) is 63.9 cm³/mol. The number of ether oxygens (including phenoxy) is 1. The maximum absolute atomic E-state index is 5.72. The molecular formula is C12H26N2O. The number of rotatable bonds is 5. The quantitative estimate of drug-likeness (QED) is 0.753. The molecule has 0 amide bonds. The molecule has 15 heavy (non-hydrogen) atoms. The van der Waals surface area contributed by atoms with Gasteiger partial charge in [-0.2, -0.15) is 0 Å². The standard InChI is InChI=1S/C12H26N2O/c1-12(2,11-13)5-3-6-14-7-4-9-15-10-8-14/h3-11,13H2,1-2H3. The fourth-order valence-corrected chi connectivity index (χ4v) is 1.90. The van der Waals surface area contributed by atoms with Gasteiger partial charge in [0.2, 0.25) is 0 Å². The van der Waals surface area contributed by atoms with Crippen molar-refractivity contribution < 1.29 is 4.74 Å². The summed E-state index contributed by atoms with van der Waals surface area (Å²) in [5.74, 6) is 0. The third kappa shape index (κ3) is 5.50. The number of hydrogen-bond acceptors (Lipinski definition) is 3. The molecule has 0 unspecified atom stereocenters. The van der Waals surface area contributed by atoms with E-state index in [1.807, 2.05) is 0 Å². The zero-order chi connectivity index (χ0) is 11.1. The average Bonchev–Trinajstić information content (AvgIpc) is 2.46. The second-order valence-corrected chi connectivity index (χ2v) is 5.28. The minimum atomic E-state index is 0.308. The summed E-state index contributed by atoms with van der Waals surface area (Å²) in [5.41, 5.74) is 6.02. The van der Waals surface area contributed by atoms with Crippen LogP contribution in [0.1, 0.15) is 33.1 Å². The molecule has 0 spiro atoms. The first-order chi connectivity index (χ1) is 7.14. The van der Waals surface area contributed by atoms with E-state index in [4.69, 9.17) is 10.5 Å². The van der Waals surface area contributed by atoms with E-state index in [0.717, 1.165) is 26.3 Å². The molecule has 0 radical (unpaired) electrons. The number of nitrogens with two attached hydrogens (primary N) is 1. The Hall–Kier alpha value is -0.120. The average molecular weight is 214 g/mol. The van der Waals surface area contributed by atoms with Crippen molar-refractivity contribution in [2.75, 3.05) is 39.4 Å². The van der Waals surface area contributed by atoms with Crippen LogP contribution in [-0.2, 0) is 4.74 Å². The van der Waals surface area contributed by atoms with Crippen molar-refractivity contribution in [1.29, 1.82) is 0 Å². The molecule has 2 N–H and O–H groups in total. The van der Waals surface area contributed by atoms with E-state index in [1.165, 1.54) is 32.4 Å². The van der Waals surface area contributed by atoms with Crippen LogP contribution in [0.4, 0.5) is 0 Å². The van der Waals surface area contributed by atoms with Gasteiger partial charge in [0, 0.05) is 19.7 Å². The Bertz CT molecular complexity index is 163. The zero-order valence-electron chi connectivity index (χ0n) is 10.3. The first-order valence-electron chi connectivity index (χ1n) is 6.14. The van der Waals surface area contributed by atoms with E-state index in [0.29, 0.717) is 5.41 Å². The summed E-state index contributed by atoms with van der Waals surface area (Å²) in [7, 11) is 0. The van der Waals surface area contributed by atoms with Gasteiger partial charge in [0.25, 0.3) is 0 Å². The lowest BCUT2D eigenvalue weighted by molar-refractivity contribution is 0.140. The van der Waals surface area contributed by atoms with Crippen molar-refractivity contribution in [3.05, 3.63) is 0 Å². The fourth-order valence-electron chi connectivity index (χ4n) is 1.90. The second-order valence-electron chi connectivity index (χ2n) is 5.28. The van der Waals surface area contributed by atoms with Crippen LogP contribution in [0.5, 0.6) is 0 Å². The van der Waals surface area contributed by atoms with Crippen LogP contribution in [0.15, 0.2) is 0 Å². The molecule has 1 aliphatic heterocycles. The predicted octanol–water partition coefficient (Wildman–Crippen LogP) is 1.47. The van der Waals surface area contributed by atoms with Gasteiger partial charge in [-0.1, -0.05) is 13.8 Å². The van der Waals surface area contributed by atoms with Crippen LogP contribution in [0.25, 0.3) is 0 Å². The Kier molecular flexibility index (Phi) is 5.58. The minimum absolute atomic E-state index is 0.308. The molecule has 0 aromatic heterocycles. The zero-order valence-corrected chi connectivity index (χ0v) is 10.3. The molecule has 1 saturated heterocycles. The highest BCUT2D eigenvalue weighted by molar-refractivity contribution is 4.70. The third-order valence-electron chi connectivity index (χ3n) is 3.20. The smallest absolute Gasteiger partial charge is 0.0593 e. The van der Waals surface area contributed by atoms with Crippen molar-refractivity contribution in [2.45, 2.75) is 33.1 Å². The molecule has 1 aliphatic rings. The van der Waals surface area contributed by atoms with Gasteiger partial charge in [0.15, 0.2) is 0 Å². The van der Waals surface area contributed by atoms with Gasteiger partial charge in [0.1, 0.15) is 0 Å². The van der Waals surface area contributed by atoms with Gasteiger partial charge in [0.05, 0.1) is 6.61 Å². The number of hydrogen-bond donors (Lipinski definition) is 1. The molecule has 3 nitrogen and oxygen atoms in total. The third-order valence-corrected chi connectivity index (χ3v) is 3.20. The SMILES string of the molecule is CC(C)(CN)CCCN1CCCOCC1. The van der Waals surface area contributed by atoms with E-state index >= 15 is 0 Å². The minimum Gasteiger partial charge on any atom is -0.380 e. The van der Waals surface area contributed by atoms with Crippen molar-refractivity contribution in [2.24, 2.45) is 11.1 Å². The molecule has 1 rings (SSSR count). The largest absolute Gasteiger partial charge is 0.380 e. The highest BCUT2D eigenvalue weighted by atomic mass is 16.5. The molecule has 1 fully saturated rings. The molecule has 0 bridgehead atoms. The monoisotopic (exact) mass is 214 g/mol. The fraction of sp³-hybridized carbons (Fsp3) is 1.00. The van der Waals surface area contributed by atoms with Crippen molar-refractivity contribution in [1.82, 2.24) is 4.90 Å².